The van der Waals surface area contributed by atoms with Gasteiger partial charge in [-0.2, -0.15) is 5.10 Å². The van der Waals surface area contributed by atoms with E-state index in [1.54, 1.807) is 12.3 Å². The maximum absolute atomic E-state index is 11.2. The molecule has 1 aromatic heterocycles. The molecular weight excluding hydrogens is 178 g/mol. The first kappa shape index (κ1) is 10.9. The average molecular weight is 195 g/mol. The lowest BCUT2D eigenvalue weighted by molar-refractivity contribution is 0.519. The summed E-state index contributed by atoms with van der Waals surface area (Å²) >= 11 is 0. The average Bonchev–Trinajstić information content (AvgIpc) is 2.20. The van der Waals surface area contributed by atoms with Crippen LogP contribution in [0.1, 0.15) is 19.8 Å². The highest BCUT2D eigenvalue weighted by Crippen LogP contribution is 1.89. The molecule has 0 aliphatic rings. The molecule has 1 heterocycles. The van der Waals surface area contributed by atoms with Crippen LogP contribution < -0.4 is 10.9 Å². The maximum Gasteiger partial charge on any atom is 0.266 e. The zero-order chi connectivity index (χ0) is 10.2. The van der Waals surface area contributed by atoms with Gasteiger partial charge in [-0.1, -0.05) is 6.92 Å². The van der Waals surface area contributed by atoms with Crippen LogP contribution in [0.4, 0.5) is 0 Å². The molecular formula is C10H17N3O. The van der Waals surface area contributed by atoms with Gasteiger partial charge in [0.25, 0.3) is 5.56 Å². The third-order valence-corrected chi connectivity index (χ3v) is 2.01. The van der Waals surface area contributed by atoms with Crippen LogP contribution in [-0.2, 0) is 6.54 Å². The van der Waals surface area contributed by atoms with E-state index in [0.29, 0.717) is 6.54 Å². The van der Waals surface area contributed by atoms with Gasteiger partial charge in [0.2, 0.25) is 0 Å². The van der Waals surface area contributed by atoms with Gasteiger partial charge in [0, 0.05) is 18.8 Å². The maximum atomic E-state index is 11.2. The Morgan fingerprint density at radius 1 is 1.50 bits per heavy atom. The van der Waals surface area contributed by atoms with E-state index in [2.05, 4.69) is 17.3 Å². The van der Waals surface area contributed by atoms with Gasteiger partial charge in [0.1, 0.15) is 0 Å². The van der Waals surface area contributed by atoms with E-state index in [1.807, 2.05) is 0 Å². The molecule has 0 unspecified atom stereocenters. The van der Waals surface area contributed by atoms with E-state index in [9.17, 15) is 4.79 Å². The van der Waals surface area contributed by atoms with Crippen molar-refractivity contribution in [1.29, 1.82) is 0 Å². The smallest absolute Gasteiger partial charge is 0.266 e. The molecule has 1 N–H and O–H groups in total. The van der Waals surface area contributed by atoms with Gasteiger partial charge in [-0.05, 0) is 32.0 Å². The Morgan fingerprint density at radius 3 is 3.07 bits per heavy atom. The molecule has 0 saturated carbocycles. The fourth-order valence-electron chi connectivity index (χ4n) is 1.24. The predicted octanol–water partition coefficient (Wildman–Crippen LogP) is 0.633. The molecule has 1 aromatic rings. The largest absolute Gasteiger partial charge is 0.317 e. The summed E-state index contributed by atoms with van der Waals surface area (Å²) in [6.45, 7) is 4.82. The molecule has 0 spiro atoms. The molecule has 0 atom stereocenters. The van der Waals surface area contributed by atoms with Gasteiger partial charge in [0.05, 0.1) is 0 Å². The third-order valence-electron chi connectivity index (χ3n) is 2.01. The van der Waals surface area contributed by atoms with Gasteiger partial charge >= 0.3 is 0 Å². The standard InChI is InChI=1S/C10H17N3O/c1-2-11-7-3-4-9-13-10(14)6-5-8-12-13/h5-6,8,11H,2-4,7,9H2,1H3. The van der Waals surface area contributed by atoms with Gasteiger partial charge < -0.3 is 5.32 Å². The Balaban J connectivity index is 2.25. The van der Waals surface area contributed by atoms with E-state index in [1.165, 1.54) is 10.7 Å². The van der Waals surface area contributed by atoms with Crippen LogP contribution in [0, 0.1) is 0 Å². The van der Waals surface area contributed by atoms with E-state index >= 15 is 0 Å². The summed E-state index contributed by atoms with van der Waals surface area (Å²) in [6, 6.07) is 3.20. The SMILES string of the molecule is CCNCCCCn1ncccc1=O. The quantitative estimate of drug-likeness (QED) is 0.677. The molecule has 0 fully saturated rings. The van der Waals surface area contributed by atoms with Crippen LogP contribution in [-0.4, -0.2) is 22.9 Å². The third kappa shape index (κ3) is 3.70. The van der Waals surface area contributed by atoms with Gasteiger partial charge in [-0.3, -0.25) is 4.79 Å². The van der Waals surface area contributed by atoms with Crippen molar-refractivity contribution in [1.82, 2.24) is 15.1 Å². The van der Waals surface area contributed by atoms with Crippen molar-refractivity contribution in [2.45, 2.75) is 26.3 Å². The highest BCUT2D eigenvalue weighted by molar-refractivity contribution is 4.84. The number of hydrogen-bond acceptors (Lipinski definition) is 3. The normalized spacial score (nSPS) is 10.4. The summed E-state index contributed by atoms with van der Waals surface area (Å²) in [5.74, 6) is 0. The van der Waals surface area contributed by atoms with Crippen molar-refractivity contribution in [2.24, 2.45) is 0 Å². The Labute approximate surface area is 84.0 Å². The summed E-state index contributed by atoms with van der Waals surface area (Å²) in [7, 11) is 0. The van der Waals surface area contributed by atoms with E-state index in [0.717, 1.165) is 25.9 Å². The molecule has 0 radical (unpaired) electrons. The fraction of sp³-hybridized carbons (Fsp3) is 0.600. The Bertz CT molecular complexity index is 308. The summed E-state index contributed by atoms with van der Waals surface area (Å²) < 4.78 is 1.51. The van der Waals surface area contributed by atoms with Crippen molar-refractivity contribution in [3.63, 3.8) is 0 Å². The molecule has 4 heteroatoms. The summed E-state index contributed by atoms with van der Waals surface area (Å²) in [5, 5.41) is 7.22. The monoisotopic (exact) mass is 195 g/mol. The van der Waals surface area contributed by atoms with Crippen LogP contribution in [0.5, 0.6) is 0 Å². The summed E-state index contributed by atoms with van der Waals surface area (Å²) in [4.78, 5) is 11.2. The first-order valence-electron chi connectivity index (χ1n) is 5.07. The number of aromatic nitrogens is 2. The van der Waals surface area contributed by atoms with Crippen molar-refractivity contribution >= 4 is 0 Å². The number of aryl methyl sites for hydroxylation is 1. The van der Waals surface area contributed by atoms with E-state index in [4.69, 9.17) is 0 Å². The van der Waals surface area contributed by atoms with Crippen LogP contribution >= 0.6 is 0 Å². The van der Waals surface area contributed by atoms with Crippen molar-refractivity contribution in [3.8, 4) is 0 Å². The molecule has 0 aliphatic heterocycles. The topological polar surface area (TPSA) is 46.9 Å². The van der Waals surface area contributed by atoms with Crippen LogP contribution in [0.3, 0.4) is 0 Å². The Morgan fingerprint density at radius 2 is 2.36 bits per heavy atom. The lowest BCUT2D eigenvalue weighted by Crippen LogP contribution is -2.22. The summed E-state index contributed by atoms with van der Waals surface area (Å²) in [5.41, 5.74) is -0.0176. The molecule has 0 aromatic carbocycles. The first-order chi connectivity index (χ1) is 6.84. The lowest BCUT2D eigenvalue weighted by Gasteiger charge is -2.03. The highest BCUT2D eigenvalue weighted by atomic mass is 16.1. The lowest BCUT2D eigenvalue weighted by atomic mass is 10.3. The molecule has 78 valence electrons. The van der Waals surface area contributed by atoms with Crippen molar-refractivity contribution < 1.29 is 0 Å². The molecule has 0 amide bonds. The van der Waals surface area contributed by atoms with Crippen LogP contribution in [0.25, 0.3) is 0 Å². The predicted molar refractivity (Wildman–Crippen MR) is 56.3 cm³/mol. The van der Waals surface area contributed by atoms with E-state index in [-0.39, 0.29) is 5.56 Å². The van der Waals surface area contributed by atoms with Gasteiger partial charge in [-0.15, -0.1) is 0 Å². The number of unbranched alkanes of at least 4 members (excludes halogenated alkanes) is 1. The second-order valence-corrected chi connectivity index (χ2v) is 3.15. The minimum absolute atomic E-state index is 0.0176. The molecule has 0 saturated heterocycles. The molecule has 0 aliphatic carbocycles. The number of rotatable bonds is 6. The molecule has 4 nitrogen and oxygen atoms in total. The van der Waals surface area contributed by atoms with Crippen LogP contribution in [0.2, 0.25) is 0 Å². The number of nitrogens with zero attached hydrogens (tertiary/aromatic N) is 2. The van der Waals surface area contributed by atoms with Crippen molar-refractivity contribution in [2.75, 3.05) is 13.1 Å². The second-order valence-electron chi connectivity index (χ2n) is 3.15. The zero-order valence-electron chi connectivity index (χ0n) is 8.57. The minimum atomic E-state index is -0.0176. The van der Waals surface area contributed by atoms with Gasteiger partial charge in [0.15, 0.2) is 0 Å². The number of hydrogen-bond donors (Lipinski definition) is 1. The van der Waals surface area contributed by atoms with Gasteiger partial charge in [-0.25, -0.2) is 4.68 Å². The Kier molecular flexibility index (Phi) is 4.93. The zero-order valence-corrected chi connectivity index (χ0v) is 8.57. The minimum Gasteiger partial charge on any atom is -0.317 e. The first-order valence-corrected chi connectivity index (χ1v) is 5.07. The Hall–Kier alpha value is -1.16. The summed E-state index contributed by atoms with van der Waals surface area (Å²) in [6.07, 6.45) is 3.71. The van der Waals surface area contributed by atoms with E-state index < -0.39 is 0 Å². The van der Waals surface area contributed by atoms with Crippen molar-refractivity contribution in [3.05, 3.63) is 28.7 Å². The molecule has 14 heavy (non-hydrogen) atoms. The second kappa shape index (κ2) is 6.32. The fourth-order valence-corrected chi connectivity index (χ4v) is 1.24. The molecule has 1 rings (SSSR count). The number of nitrogens with one attached hydrogen (secondary N) is 1. The van der Waals surface area contributed by atoms with Crippen LogP contribution in [0.15, 0.2) is 23.1 Å². The highest BCUT2D eigenvalue weighted by Gasteiger charge is 1.94. The molecule has 0 bridgehead atoms.